The summed E-state index contributed by atoms with van der Waals surface area (Å²) in [5, 5.41) is 12.2. The second-order valence-corrected chi connectivity index (χ2v) is 4.49. The molecule has 1 unspecified atom stereocenters. The summed E-state index contributed by atoms with van der Waals surface area (Å²) >= 11 is 0. The van der Waals surface area contributed by atoms with E-state index in [4.69, 9.17) is 9.84 Å². The van der Waals surface area contributed by atoms with Crippen LogP contribution in [0.3, 0.4) is 0 Å². The average Bonchev–Trinajstić information content (AvgIpc) is 2.15. The van der Waals surface area contributed by atoms with Crippen molar-refractivity contribution in [2.75, 3.05) is 20.3 Å². The zero-order valence-electron chi connectivity index (χ0n) is 10.2. The topological polar surface area (TPSA) is 58.6 Å². The molecule has 0 saturated heterocycles. The fourth-order valence-corrected chi connectivity index (χ4v) is 1.28. The summed E-state index contributed by atoms with van der Waals surface area (Å²) in [6, 6.07) is 0. The highest BCUT2D eigenvalue weighted by atomic mass is 16.5. The molecule has 0 amide bonds. The Morgan fingerprint density at radius 2 is 2.13 bits per heavy atom. The maximum Gasteiger partial charge on any atom is 0.323 e. The Hall–Kier alpha value is -0.610. The maximum atomic E-state index is 11.1. The van der Waals surface area contributed by atoms with Gasteiger partial charge in [-0.1, -0.05) is 13.8 Å². The van der Waals surface area contributed by atoms with Gasteiger partial charge in [0.05, 0.1) is 6.61 Å². The third-order valence-corrected chi connectivity index (χ3v) is 2.52. The van der Waals surface area contributed by atoms with Gasteiger partial charge in [0, 0.05) is 13.7 Å². The second-order valence-electron chi connectivity index (χ2n) is 4.49. The number of hydrogen-bond acceptors (Lipinski definition) is 3. The van der Waals surface area contributed by atoms with Gasteiger partial charge >= 0.3 is 5.97 Å². The Kier molecular flexibility index (Phi) is 6.52. The van der Waals surface area contributed by atoms with Crippen LogP contribution in [-0.4, -0.2) is 36.9 Å². The normalized spacial score (nSPS) is 15.3. The molecule has 0 aliphatic rings. The van der Waals surface area contributed by atoms with Gasteiger partial charge in [0.15, 0.2) is 0 Å². The summed E-state index contributed by atoms with van der Waals surface area (Å²) < 4.78 is 4.89. The molecule has 0 rings (SSSR count). The van der Waals surface area contributed by atoms with Crippen LogP contribution in [0.15, 0.2) is 0 Å². The smallest absolute Gasteiger partial charge is 0.323 e. The van der Waals surface area contributed by atoms with E-state index in [1.807, 2.05) is 0 Å². The molecule has 0 aromatic heterocycles. The summed E-state index contributed by atoms with van der Waals surface area (Å²) in [5.41, 5.74) is -0.831. The molecule has 4 heteroatoms. The summed E-state index contributed by atoms with van der Waals surface area (Å²) in [4.78, 5) is 11.1. The van der Waals surface area contributed by atoms with E-state index < -0.39 is 11.5 Å². The molecule has 0 radical (unpaired) electrons. The molecule has 0 bridgehead atoms. The van der Waals surface area contributed by atoms with Crippen molar-refractivity contribution in [2.45, 2.75) is 39.2 Å². The number of nitrogens with one attached hydrogen (secondary N) is 1. The van der Waals surface area contributed by atoms with Crippen molar-refractivity contribution in [1.29, 1.82) is 0 Å². The van der Waals surface area contributed by atoms with Crippen molar-refractivity contribution in [3.63, 3.8) is 0 Å². The number of methoxy groups -OCH3 is 1. The number of carbonyl (C=O) groups is 1. The van der Waals surface area contributed by atoms with Crippen LogP contribution >= 0.6 is 0 Å². The Bertz CT molecular complexity index is 194. The molecular weight excluding hydrogens is 194 g/mol. The van der Waals surface area contributed by atoms with E-state index in [2.05, 4.69) is 19.2 Å². The zero-order chi connectivity index (χ0) is 11.9. The number of carboxylic acids is 1. The number of ether oxygens (including phenoxy) is 1. The summed E-state index contributed by atoms with van der Waals surface area (Å²) in [7, 11) is 1.61. The lowest BCUT2D eigenvalue weighted by atomic mass is 9.92. The molecule has 0 aliphatic carbocycles. The highest BCUT2D eigenvalue weighted by molar-refractivity contribution is 5.78. The lowest BCUT2D eigenvalue weighted by Gasteiger charge is -2.27. The molecule has 0 aromatic carbocycles. The SMILES string of the molecule is COCCNC(C)(CCC(C)C)C(=O)O. The van der Waals surface area contributed by atoms with Gasteiger partial charge in [-0.25, -0.2) is 0 Å². The standard InChI is InChI=1S/C11H23NO3/c1-9(2)5-6-11(3,10(13)14)12-7-8-15-4/h9,12H,5-8H2,1-4H3,(H,13,14). The van der Waals surface area contributed by atoms with Gasteiger partial charge < -0.3 is 9.84 Å². The second kappa shape index (κ2) is 6.80. The van der Waals surface area contributed by atoms with E-state index in [1.165, 1.54) is 0 Å². The third-order valence-electron chi connectivity index (χ3n) is 2.52. The molecule has 0 fully saturated rings. The van der Waals surface area contributed by atoms with Crippen LogP contribution in [0.1, 0.15) is 33.6 Å². The minimum absolute atomic E-state index is 0.521. The van der Waals surface area contributed by atoms with Gasteiger partial charge in [0.1, 0.15) is 5.54 Å². The van der Waals surface area contributed by atoms with Crippen LogP contribution in [0.2, 0.25) is 0 Å². The molecule has 90 valence electrons. The van der Waals surface area contributed by atoms with E-state index in [-0.39, 0.29) is 0 Å². The lowest BCUT2D eigenvalue weighted by molar-refractivity contribution is -0.144. The average molecular weight is 217 g/mol. The number of carboxylic acid groups (broad SMARTS) is 1. The van der Waals surface area contributed by atoms with Gasteiger partial charge in [0.25, 0.3) is 0 Å². The molecule has 2 N–H and O–H groups in total. The first-order valence-corrected chi connectivity index (χ1v) is 5.39. The number of hydrogen-bond donors (Lipinski definition) is 2. The lowest BCUT2D eigenvalue weighted by Crippen LogP contribution is -2.50. The highest BCUT2D eigenvalue weighted by Gasteiger charge is 2.31. The van der Waals surface area contributed by atoms with Gasteiger partial charge in [-0.2, -0.15) is 0 Å². The number of aliphatic carboxylic acids is 1. The van der Waals surface area contributed by atoms with Crippen molar-refractivity contribution in [3.8, 4) is 0 Å². The largest absolute Gasteiger partial charge is 0.480 e. The summed E-state index contributed by atoms with van der Waals surface area (Å²) in [6.45, 7) is 7.02. The monoisotopic (exact) mass is 217 g/mol. The fourth-order valence-electron chi connectivity index (χ4n) is 1.28. The van der Waals surface area contributed by atoms with Crippen molar-refractivity contribution in [3.05, 3.63) is 0 Å². The first-order valence-electron chi connectivity index (χ1n) is 5.39. The van der Waals surface area contributed by atoms with Crippen LogP contribution in [0.25, 0.3) is 0 Å². The maximum absolute atomic E-state index is 11.1. The summed E-state index contributed by atoms with van der Waals surface area (Å²) in [5.74, 6) is -0.271. The van der Waals surface area contributed by atoms with Crippen molar-refractivity contribution in [2.24, 2.45) is 5.92 Å². The van der Waals surface area contributed by atoms with Crippen LogP contribution in [0, 0.1) is 5.92 Å². The minimum atomic E-state index is -0.831. The minimum Gasteiger partial charge on any atom is -0.480 e. The van der Waals surface area contributed by atoms with Gasteiger partial charge in [0.2, 0.25) is 0 Å². The van der Waals surface area contributed by atoms with Gasteiger partial charge in [-0.05, 0) is 25.7 Å². The third kappa shape index (κ3) is 5.74. The van der Waals surface area contributed by atoms with E-state index in [0.29, 0.717) is 25.5 Å². The quantitative estimate of drug-likeness (QED) is 0.605. The fraction of sp³-hybridized carbons (Fsp3) is 0.909. The molecule has 0 aromatic rings. The first kappa shape index (κ1) is 14.4. The predicted octanol–water partition coefficient (Wildman–Crippen LogP) is 1.50. The van der Waals surface area contributed by atoms with Gasteiger partial charge in [-0.15, -0.1) is 0 Å². The Morgan fingerprint density at radius 3 is 2.53 bits per heavy atom. The van der Waals surface area contributed by atoms with E-state index in [0.717, 1.165) is 6.42 Å². The molecule has 1 atom stereocenters. The molecule has 4 nitrogen and oxygen atoms in total. The van der Waals surface area contributed by atoms with Gasteiger partial charge in [-0.3, -0.25) is 10.1 Å². The van der Waals surface area contributed by atoms with Crippen LogP contribution in [0.5, 0.6) is 0 Å². The first-order chi connectivity index (χ1) is 6.92. The van der Waals surface area contributed by atoms with E-state index in [1.54, 1.807) is 14.0 Å². The predicted molar refractivity (Wildman–Crippen MR) is 60.0 cm³/mol. The Morgan fingerprint density at radius 1 is 1.53 bits per heavy atom. The van der Waals surface area contributed by atoms with E-state index in [9.17, 15) is 4.79 Å². The molecule has 15 heavy (non-hydrogen) atoms. The van der Waals surface area contributed by atoms with Crippen molar-refractivity contribution in [1.82, 2.24) is 5.32 Å². The van der Waals surface area contributed by atoms with Crippen LogP contribution in [0.4, 0.5) is 0 Å². The molecule has 0 spiro atoms. The Labute approximate surface area is 92.0 Å². The molecule has 0 heterocycles. The zero-order valence-corrected chi connectivity index (χ0v) is 10.2. The van der Waals surface area contributed by atoms with Crippen LogP contribution in [-0.2, 0) is 9.53 Å². The molecule has 0 saturated carbocycles. The molecule has 0 aliphatic heterocycles. The van der Waals surface area contributed by atoms with E-state index >= 15 is 0 Å². The van der Waals surface area contributed by atoms with Crippen LogP contribution < -0.4 is 5.32 Å². The van der Waals surface area contributed by atoms with Crippen molar-refractivity contribution >= 4 is 5.97 Å². The Balaban J connectivity index is 4.13. The molecular formula is C11H23NO3. The number of rotatable bonds is 8. The van der Waals surface area contributed by atoms with Crippen molar-refractivity contribution < 1.29 is 14.6 Å². The highest BCUT2D eigenvalue weighted by Crippen LogP contribution is 2.16. The summed E-state index contributed by atoms with van der Waals surface area (Å²) in [6.07, 6.45) is 1.55.